The van der Waals surface area contributed by atoms with Gasteiger partial charge in [0.1, 0.15) is 0 Å². The fourth-order valence-corrected chi connectivity index (χ4v) is 1.09. The molecular weight excluding hydrogens is 154 g/mol. The molecule has 66 valence electrons. The van der Waals surface area contributed by atoms with Crippen molar-refractivity contribution in [3.63, 3.8) is 0 Å². The fraction of sp³-hybridized carbons (Fsp3) is 0.444. The molecule has 0 aliphatic carbocycles. The van der Waals surface area contributed by atoms with E-state index in [4.69, 9.17) is 4.74 Å². The van der Waals surface area contributed by atoms with Crippen LogP contribution in [0.25, 0.3) is 0 Å². The van der Waals surface area contributed by atoms with Gasteiger partial charge in [-0.05, 0) is 13.0 Å². The van der Waals surface area contributed by atoms with Gasteiger partial charge in [-0.2, -0.15) is 0 Å². The van der Waals surface area contributed by atoms with E-state index in [-0.39, 0.29) is 5.56 Å². The summed E-state index contributed by atoms with van der Waals surface area (Å²) in [6, 6.07) is 3.72. The zero-order chi connectivity index (χ0) is 9.14. The summed E-state index contributed by atoms with van der Waals surface area (Å²) in [4.78, 5) is 11.4. The summed E-state index contributed by atoms with van der Waals surface area (Å²) in [6.45, 7) is 2.28. The van der Waals surface area contributed by atoms with Gasteiger partial charge in [0.05, 0.1) is 6.61 Å². The molecule has 0 aromatic carbocycles. The highest BCUT2D eigenvalue weighted by Gasteiger charge is 2.00. The molecule has 1 heterocycles. The Balaban J connectivity index is 3.18. The van der Waals surface area contributed by atoms with E-state index in [0.717, 1.165) is 11.3 Å². The molecule has 3 heteroatoms. The van der Waals surface area contributed by atoms with E-state index in [1.807, 2.05) is 12.1 Å². The predicted octanol–water partition coefficient (Wildman–Crippen LogP) is 0.840. The van der Waals surface area contributed by atoms with Gasteiger partial charge in [-0.1, -0.05) is 6.07 Å². The van der Waals surface area contributed by atoms with Crippen molar-refractivity contribution in [1.82, 2.24) is 4.57 Å². The largest absolute Gasteiger partial charge is 0.378 e. The van der Waals surface area contributed by atoms with Crippen LogP contribution < -0.4 is 5.56 Å². The van der Waals surface area contributed by atoms with Crippen molar-refractivity contribution < 1.29 is 4.74 Å². The van der Waals surface area contributed by atoms with Crippen LogP contribution in [0.5, 0.6) is 0 Å². The van der Waals surface area contributed by atoms with Crippen molar-refractivity contribution in [2.75, 3.05) is 7.11 Å². The first-order valence-corrected chi connectivity index (χ1v) is 3.81. The quantitative estimate of drug-likeness (QED) is 0.653. The highest BCUT2D eigenvalue weighted by atomic mass is 16.5. The summed E-state index contributed by atoms with van der Waals surface area (Å²) >= 11 is 0. The highest BCUT2D eigenvalue weighted by Crippen LogP contribution is 1.98. The SMILES string of the molecule is COCc1ccc(C)c(=O)n1C. The van der Waals surface area contributed by atoms with Gasteiger partial charge in [0, 0.05) is 25.4 Å². The Morgan fingerprint density at radius 2 is 2.17 bits per heavy atom. The molecule has 0 N–H and O–H groups in total. The highest BCUT2D eigenvalue weighted by molar-refractivity contribution is 5.13. The Kier molecular flexibility index (Phi) is 2.65. The molecule has 12 heavy (non-hydrogen) atoms. The van der Waals surface area contributed by atoms with Crippen LogP contribution in [0.15, 0.2) is 16.9 Å². The third kappa shape index (κ3) is 1.56. The number of aromatic nitrogens is 1. The first-order valence-electron chi connectivity index (χ1n) is 3.81. The molecule has 3 nitrogen and oxygen atoms in total. The van der Waals surface area contributed by atoms with Crippen LogP contribution in [0.4, 0.5) is 0 Å². The van der Waals surface area contributed by atoms with E-state index in [1.54, 1.807) is 25.6 Å². The Bertz CT molecular complexity index is 328. The van der Waals surface area contributed by atoms with Gasteiger partial charge in [-0.25, -0.2) is 0 Å². The molecular formula is C9H13NO2. The first-order chi connectivity index (χ1) is 5.66. The maximum absolute atomic E-state index is 11.4. The Labute approximate surface area is 71.6 Å². The summed E-state index contributed by atoms with van der Waals surface area (Å²) in [6.07, 6.45) is 0. The van der Waals surface area contributed by atoms with Crippen LogP contribution in [0.1, 0.15) is 11.3 Å². The maximum Gasteiger partial charge on any atom is 0.253 e. The third-order valence-electron chi connectivity index (χ3n) is 1.89. The summed E-state index contributed by atoms with van der Waals surface area (Å²) < 4.78 is 6.55. The number of ether oxygens (including phenoxy) is 1. The van der Waals surface area contributed by atoms with Gasteiger partial charge >= 0.3 is 0 Å². The van der Waals surface area contributed by atoms with Crippen molar-refractivity contribution in [3.05, 3.63) is 33.7 Å². The lowest BCUT2D eigenvalue weighted by molar-refractivity contribution is 0.178. The lowest BCUT2D eigenvalue weighted by Crippen LogP contribution is -2.22. The second-order valence-corrected chi connectivity index (χ2v) is 2.80. The summed E-state index contributed by atoms with van der Waals surface area (Å²) in [7, 11) is 3.37. The molecule has 1 aromatic heterocycles. The van der Waals surface area contributed by atoms with Gasteiger partial charge in [0.15, 0.2) is 0 Å². The average Bonchev–Trinajstić information content (AvgIpc) is 2.07. The summed E-state index contributed by atoms with van der Waals surface area (Å²) in [5.74, 6) is 0. The number of aryl methyl sites for hydroxylation is 1. The standard InChI is InChI=1S/C9H13NO2/c1-7-4-5-8(6-12-3)10(2)9(7)11/h4-5H,6H2,1-3H3. The van der Waals surface area contributed by atoms with Gasteiger partial charge in [0.25, 0.3) is 5.56 Å². The molecule has 0 aliphatic heterocycles. The summed E-state index contributed by atoms with van der Waals surface area (Å²) in [5, 5.41) is 0. The van der Waals surface area contributed by atoms with Crippen molar-refractivity contribution in [1.29, 1.82) is 0 Å². The summed E-state index contributed by atoms with van der Waals surface area (Å²) in [5.41, 5.74) is 1.70. The zero-order valence-electron chi connectivity index (χ0n) is 7.63. The van der Waals surface area contributed by atoms with Crippen LogP contribution in [-0.2, 0) is 18.4 Å². The number of methoxy groups -OCH3 is 1. The lowest BCUT2D eigenvalue weighted by Gasteiger charge is -2.06. The maximum atomic E-state index is 11.4. The van der Waals surface area contributed by atoms with E-state index in [1.165, 1.54) is 0 Å². The van der Waals surface area contributed by atoms with Gasteiger partial charge in [0.2, 0.25) is 0 Å². The molecule has 0 fully saturated rings. The minimum Gasteiger partial charge on any atom is -0.378 e. The third-order valence-corrected chi connectivity index (χ3v) is 1.89. The molecule has 1 rings (SSSR count). The van der Waals surface area contributed by atoms with Crippen LogP contribution in [0.3, 0.4) is 0 Å². The lowest BCUT2D eigenvalue weighted by atomic mass is 10.2. The molecule has 1 aromatic rings. The number of hydrogen-bond donors (Lipinski definition) is 0. The molecule has 0 saturated carbocycles. The van der Waals surface area contributed by atoms with Gasteiger partial charge in [-0.3, -0.25) is 4.79 Å². The van der Waals surface area contributed by atoms with Crippen molar-refractivity contribution >= 4 is 0 Å². The number of pyridine rings is 1. The Morgan fingerprint density at radius 1 is 1.50 bits per heavy atom. The van der Waals surface area contributed by atoms with Crippen molar-refractivity contribution in [2.24, 2.45) is 7.05 Å². The van der Waals surface area contributed by atoms with Crippen molar-refractivity contribution in [2.45, 2.75) is 13.5 Å². The normalized spacial score (nSPS) is 10.2. The van der Waals surface area contributed by atoms with E-state index in [2.05, 4.69) is 0 Å². The monoisotopic (exact) mass is 167 g/mol. The fourth-order valence-electron chi connectivity index (χ4n) is 1.09. The van der Waals surface area contributed by atoms with Gasteiger partial charge in [-0.15, -0.1) is 0 Å². The second kappa shape index (κ2) is 3.54. The smallest absolute Gasteiger partial charge is 0.253 e. The van der Waals surface area contributed by atoms with Crippen LogP contribution in [0, 0.1) is 6.92 Å². The molecule has 0 aliphatic rings. The van der Waals surface area contributed by atoms with Crippen molar-refractivity contribution in [3.8, 4) is 0 Å². The second-order valence-electron chi connectivity index (χ2n) is 2.80. The van der Waals surface area contributed by atoms with E-state index < -0.39 is 0 Å². The molecule has 0 amide bonds. The van der Waals surface area contributed by atoms with E-state index >= 15 is 0 Å². The molecule has 0 bridgehead atoms. The first kappa shape index (κ1) is 9.00. The van der Waals surface area contributed by atoms with Crippen LogP contribution in [-0.4, -0.2) is 11.7 Å². The number of nitrogens with zero attached hydrogens (tertiary/aromatic N) is 1. The molecule has 0 unspecified atom stereocenters. The van der Waals surface area contributed by atoms with E-state index in [0.29, 0.717) is 6.61 Å². The topological polar surface area (TPSA) is 31.2 Å². The minimum atomic E-state index is 0.0459. The molecule has 0 radical (unpaired) electrons. The zero-order valence-corrected chi connectivity index (χ0v) is 7.63. The van der Waals surface area contributed by atoms with Gasteiger partial charge < -0.3 is 9.30 Å². The predicted molar refractivity (Wildman–Crippen MR) is 47.1 cm³/mol. The number of rotatable bonds is 2. The molecule has 0 saturated heterocycles. The van der Waals surface area contributed by atoms with Crippen LogP contribution in [0.2, 0.25) is 0 Å². The average molecular weight is 167 g/mol. The van der Waals surface area contributed by atoms with Crippen LogP contribution >= 0.6 is 0 Å². The molecule has 0 atom stereocenters. The minimum absolute atomic E-state index is 0.0459. The molecule has 0 spiro atoms. The Hall–Kier alpha value is -1.09. The van der Waals surface area contributed by atoms with E-state index in [9.17, 15) is 4.79 Å². The Morgan fingerprint density at radius 3 is 2.75 bits per heavy atom. The number of hydrogen-bond acceptors (Lipinski definition) is 2.